The molecule has 2 N–H and O–H groups in total. The minimum absolute atomic E-state index is 0.176. The number of rotatable bonds is 8. The van der Waals surface area contributed by atoms with Gasteiger partial charge in [0.05, 0.1) is 19.8 Å². The van der Waals surface area contributed by atoms with Crippen molar-refractivity contribution < 1.29 is 34.1 Å². The number of ether oxygens (including phenoxy) is 2. The van der Waals surface area contributed by atoms with Gasteiger partial charge >= 0.3 is 17.9 Å². The summed E-state index contributed by atoms with van der Waals surface area (Å²) >= 11 is 0. The van der Waals surface area contributed by atoms with Crippen molar-refractivity contribution in [1.82, 2.24) is 0 Å². The highest BCUT2D eigenvalue weighted by Gasteiger charge is 1.95. The van der Waals surface area contributed by atoms with Gasteiger partial charge in [-0.15, -0.1) is 0 Å². The predicted molar refractivity (Wildman–Crippen MR) is 126 cm³/mol. The maximum absolute atomic E-state index is 10.4. The first-order valence-electron chi connectivity index (χ1n) is 10.0. The summed E-state index contributed by atoms with van der Waals surface area (Å²) in [7, 11) is 0. The van der Waals surface area contributed by atoms with Gasteiger partial charge in [0, 0.05) is 17.2 Å². The Bertz CT molecular complexity index is 745. The van der Waals surface area contributed by atoms with Crippen molar-refractivity contribution in [2.75, 3.05) is 19.8 Å². The molecule has 0 atom stereocenters. The van der Waals surface area contributed by atoms with E-state index in [1.807, 2.05) is 43.3 Å². The molecule has 2 rings (SSSR count). The third-order valence-corrected chi connectivity index (χ3v) is 3.25. The van der Waals surface area contributed by atoms with Gasteiger partial charge in [0.2, 0.25) is 0 Å². The van der Waals surface area contributed by atoms with Gasteiger partial charge in [-0.2, -0.15) is 0 Å². The van der Waals surface area contributed by atoms with Crippen LogP contribution in [0.2, 0.25) is 0 Å². The van der Waals surface area contributed by atoms with Crippen molar-refractivity contribution >= 4 is 24.0 Å². The lowest BCUT2D eigenvalue weighted by molar-refractivity contribution is -0.138. The Morgan fingerprint density at radius 1 is 1.09 bits per heavy atom. The summed E-state index contributed by atoms with van der Waals surface area (Å²) < 4.78 is 9.17. The van der Waals surface area contributed by atoms with Gasteiger partial charge in [-0.1, -0.05) is 75.1 Å². The molecule has 1 fully saturated rings. The molecule has 1 aromatic carbocycles. The summed E-state index contributed by atoms with van der Waals surface area (Å²) in [6, 6.07) is 9.73. The standard InChI is InChI=1S/C12H12O2.C7H12O2.C4H6O2.C2H4O/c1-10(12(13)14)6-5-9-11-7-3-2-4-8-11;1-3-5-6-9-7(8)4-2;1-3(2)4(5)6;1-2-3-1/h2-9H,1H3,(H,13,14);4H,2-3,5-6H2,1H3;1H2,2H3,(H,5,6);1-2H2. The average molecular weight is 447 g/mol. The van der Waals surface area contributed by atoms with E-state index in [1.54, 1.807) is 19.1 Å². The summed E-state index contributed by atoms with van der Waals surface area (Å²) in [5, 5.41) is 16.5. The van der Waals surface area contributed by atoms with Crippen LogP contribution < -0.4 is 0 Å². The zero-order chi connectivity index (χ0) is 24.8. The molecule has 7 heteroatoms. The second-order valence-electron chi connectivity index (χ2n) is 6.35. The smallest absolute Gasteiger partial charge is 0.331 e. The zero-order valence-corrected chi connectivity index (χ0v) is 19.1. The number of benzene rings is 1. The molecular formula is C25H34O7. The first-order valence-corrected chi connectivity index (χ1v) is 10.0. The molecule has 1 aliphatic rings. The van der Waals surface area contributed by atoms with E-state index in [-0.39, 0.29) is 11.5 Å². The number of hydrogen-bond acceptors (Lipinski definition) is 5. The summed E-state index contributed by atoms with van der Waals surface area (Å²) in [6.07, 6.45) is 8.33. The topological polar surface area (TPSA) is 113 Å². The molecule has 0 aromatic heterocycles. The van der Waals surface area contributed by atoms with Crippen LogP contribution in [0.1, 0.15) is 39.2 Å². The van der Waals surface area contributed by atoms with Gasteiger partial charge in [-0.05, 0) is 25.8 Å². The highest BCUT2D eigenvalue weighted by Crippen LogP contribution is 2.02. The van der Waals surface area contributed by atoms with E-state index < -0.39 is 11.9 Å². The van der Waals surface area contributed by atoms with E-state index >= 15 is 0 Å². The Morgan fingerprint density at radius 3 is 2.00 bits per heavy atom. The molecule has 0 radical (unpaired) electrons. The van der Waals surface area contributed by atoms with Crippen LogP contribution in [-0.4, -0.2) is 47.9 Å². The maximum atomic E-state index is 10.4. The molecule has 0 saturated carbocycles. The highest BCUT2D eigenvalue weighted by atomic mass is 16.6. The van der Waals surface area contributed by atoms with Crippen molar-refractivity contribution in [3.63, 3.8) is 0 Å². The number of unbranched alkanes of at least 4 members (excludes halogenated alkanes) is 1. The Morgan fingerprint density at radius 2 is 1.62 bits per heavy atom. The van der Waals surface area contributed by atoms with Gasteiger partial charge < -0.3 is 19.7 Å². The molecule has 0 spiro atoms. The lowest BCUT2D eigenvalue weighted by atomic mass is 10.2. The quantitative estimate of drug-likeness (QED) is 0.192. The number of carbonyl (C=O) groups is 3. The van der Waals surface area contributed by atoms with E-state index in [9.17, 15) is 14.4 Å². The van der Waals surface area contributed by atoms with Gasteiger partial charge in [0.25, 0.3) is 0 Å². The molecule has 0 unspecified atom stereocenters. The molecular weight excluding hydrogens is 412 g/mol. The van der Waals surface area contributed by atoms with Gasteiger partial charge in [0.1, 0.15) is 0 Å². The SMILES string of the molecule is C1CO1.C=C(C)C(=O)O.C=CC(=O)OCCCC.CC(=CC=Cc1ccccc1)C(=O)O. The predicted octanol–water partition coefficient (Wildman–Crippen LogP) is 4.91. The molecule has 176 valence electrons. The Labute approximate surface area is 190 Å². The zero-order valence-electron chi connectivity index (χ0n) is 19.1. The molecule has 0 bridgehead atoms. The fourth-order valence-corrected chi connectivity index (χ4v) is 1.32. The summed E-state index contributed by atoms with van der Waals surface area (Å²) in [4.78, 5) is 30.4. The lowest BCUT2D eigenvalue weighted by Gasteiger charge is -1.97. The average Bonchev–Trinajstić information content (AvgIpc) is 3.65. The number of epoxide rings is 1. The largest absolute Gasteiger partial charge is 0.478 e. The van der Waals surface area contributed by atoms with Crippen LogP contribution in [0.15, 0.2) is 72.9 Å². The fraction of sp³-hybridized carbons (Fsp3) is 0.320. The van der Waals surface area contributed by atoms with Crippen LogP contribution in [0.3, 0.4) is 0 Å². The van der Waals surface area contributed by atoms with Crippen LogP contribution in [0.5, 0.6) is 0 Å². The number of carboxylic acids is 2. The van der Waals surface area contributed by atoms with Gasteiger partial charge in [-0.3, -0.25) is 0 Å². The van der Waals surface area contributed by atoms with Crippen LogP contribution in [0.25, 0.3) is 6.08 Å². The van der Waals surface area contributed by atoms with Crippen molar-refractivity contribution in [1.29, 1.82) is 0 Å². The van der Waals surface area contributed by atoms with Crippen LogP contribution in [0, 0.1) is 0 Å². The highest BCUT2D eigenvalue weighted by molar-refractivity contribution is 5.86. The van der Waals surface area contributed by atoms with Gasteiger partial charge in [0.15, 0.2) is 0 Å². The number of hydrogen-bond donors (Lipinski definition) is 2. The molecule has 1 saturated heterocycles. The molecule has 0 amide bonds. The second-order valence-corrected chi connectivity index (χ2v) is 6.35. The van der Waals surface area contributed by atoms with Crippen LogP contribution >= 0.6 is 0 Å². The van der Waals surface area contributed by atoms with Crippen molar-refractivity contribution in [3.8, 4) is 0 Å². The summed E-state index contributed by atoms with van der Waals surface area (Å²) in [5.41, 5.74) is 1.56. The van der Waals surface area contributed by atoms with Gasteiger partial charge in [-0.25, -0.2) is 14.4 Å². The van der Waals surface area contributed by atoms with E-state index in [0.717, 1.165) is 31.6 Å². The Kier molecular flexibility index (Phi) is 20.0. The summed E-state index contributed by atoms with van der Waals surface area (Å²) in [5.74, 6) is -2.15. The summed E-state index contributed by atoms with van der Waals surface area (Å²) in [6.45, 7) is 14.0. The fourth-order valence-electron chi connectivity index (χ4n) is 1.32. The van der Waals surface area contributed by atoms with E-state index in [1.165, 1.54) is 13.0 Å². The van der Waals surface area contributed by atoms with Crippen LogP contribution in [0.4, 0.5) is 0 Å². The van der Waals surface area contributed by atoms with E-state index in [4.69, 9.17) is 10.2 Å². The first-order chi connectivity index (χ1) is 15.1. The first kappa shape index (κ1) is 30.7. The van der Waals surface area contributed by atoms with Crippen LogP contribution in [-0.2, 0) is 23.9 Å². The van der Waals surface area contributed by atoms with E-state index in [2.05, 4.69) is 22.6 Å². The number of esters is 1. The minimum atomic E-state index is -0.935. The monoisotopic (exact) mass is 446 g/mol. The number of aliphatic carboxylic acids is 2. The number of carboxylic acid groups (broad SMARTS) is 2. The molecule has 0 aliphatic carbocycles. The van der Waals surface area contributed by atoms with Crippen molar-refractivity contribution in [3.05, 3.63) is 78.4 Å². The second kappa shape index (κ2) is 20.8. The minimum Gasteiger partial charge on any atom is -0.478 e. The molecule has 1 aliphatic heterocycles. The van der Waals surface area contributed by atoms with Crippen molar-refractivity contribution in [2.45, 2.75) is 33.6 Å². The van der Waals surface area contributed by atoms with E-state index in [0.29, 0.717) is 12.2 Å². The molecule has 1 aromatic rings. The molecule has 7 nitrogen and oxygen atoms in total. The Hall–Kier alpha value is -3.45. The third-order valence-electron chi connectivity index (χ3n) is 3.25. The molecule has 1 heterocycles. The van der Waals surface area contributed by atoms with Crippen molar-refractivity contribution in [2.24, 2.45) is 0 Å². The third kappa shape index (κ3) is 24.6. The molecule has 32 heavy (non-hydrogen) atoms. The normalized spacial score (nSPS) is 11.3. The number of carbonyl (C=O) groups excluding carboxylic acids is 1. The maximum Gasteiger partial charge on any atom is 0.331 e. The number of allylic oxidation sites excluding steroid dienone is 2. The Balaban J connectivity index is 0. The lowest BCUT2D eigenvalue weighted by Crippen LogP contribution is -2.00.